The molecule has 7 heteroatoms. The molecule has 98 valence electrons. The Morgan fingerprint density at radius 3 is 2.68 bits per heavy atom. The van der Waals surface area contributed by atoms with E-state index in [1.165, 1.54) is 30.5 Å². The number of halogens is 1. The molecule has 0 radical (unpaired) electrons. The summed E-state index contributed by atoms with van der Waals surface area (Å²) in [5.41, 5.74) is 7.44. The summed E-state index contributed by atoms with van der Waals surface area (Å²) in [6.45, 7) is 0. The first kappa shape index (κ1) is 12.8. The summed E-state index contributed by atoms with van der Waals surface area (Å²) >= 11 is 0. The summed E-state index contributed by atoms with van der Waals surface area (Å²) < 4.78 is 18.6. The van der Waals surface area contributed by atoms with Crippen LogP contribution in [0.2, 0.25) is 0 Å². The van der Waals surface area contributed by atoms with E-state index in [4.69, 9.17) is 16.3 Å². The molecule has 1 amide bonds. The largest absolute Gasteiger partial charge is 0.457 e. The molecule has 6 nitrogen and oxygen atoms in total. The standard InChI is InChI=1S/C12H11FN4O2/c13-9-5-7(1-2-10(9)14)19-8-3-4-16-11(6-8)12(18)17-15/h1-6H,14-15H2,(H,17,18). The summed E-state index contributed by atoms with van der Waals surface area (Å²) in [7, 11) is 0. The molecule has 0 unspecified atom stereocenters. The Kier molecular flexibility index (Phi) is 3.58. The van der Waals surface area contributed by atoms with E-state index in [0.29, 0.717) is 5.75 Å². The zero-order chi connectivity index (χ0) is 13.8. The minimum absolute atomic E-state index is 0.0327. The van der Waals surface area contributed by atoms with E-state index >= 15 is 0 Å². The number of nitrogens with one attached hydrogen (secondary N) is 1. The van der Waals surface area contributed by atoms with Gasteiger partial charge in [0.05, 0.1) is 5.69 Å². The fourth-order valence-electron chi connectivity index (χ4n) is 1.38. The molecule has 0 fully saturated rings. The lowest BCUT2D eigenvalue weighted by atomic mass is 10.3. The van der Waals surface area contributed by atoms with E-state index in [0.717, 1.165) is 6.07 Å². The highest BCUT2D eigenvalue weighted by atomic mass is 19.1. The Bertz CT molecular complexity index is 618. The summed E-state index contributed by atoms with van der Waals surface area (Å²) in [6.07, 6.45) is 1.38. The van der Waals surface area contributed by atoms with E-state index in [-0.39, 0.29) is 17.1 Å². The van der Waals surface area contributed by atoms with Crippen LogP contribution in [0, 0.1) is 5.82 Å². The molecule has 2 aromatic rings. The topological polar surface area (TPSA) is 103 Å². The van der Waals surface area contributed by atoms with Crippen molar-refractivity contribution in [1.29, 1.82) is 0 Å². The molecule has 0 atom stereocenters. The van der Waals surface area contributed by atoms with E-state index < -0.39 is 11.7 Å². The van der Waals surface area contributed by atoms with E-state index in [1.54, 1.807) is 0 Å². The zero-order valence-corrected chi connectivity index (χ0v) is 9.76. The minimum Gasteiger partial charge on any atom is -0.457 e. The van der Waals surface area contributed by atoms with Crippen molar-refractivity contribution in [3.63, 3.8) is 0 Å². The van der Waals surface area contributed by atoms with Crippen molar-refractivity contribution in [2.24, 2.45) is 5.84 Å². The maximum absolute atomic E-state index is 13.2. The van der Waals surface area contributed by atoms with Crippen LogP contribution < -0.4 is 21.7 Å². The number of aromatic nitrogens is 1. The van der Waals surface area contributed by atoms with Gasteiger partial charge < -0.3 is 10.5 Å². The Balaban J connectivity index is 2.23. The van der Waals surface area contributed by atoms with Crippen molar-refractivity contribution in [2.45, 2.75) is 0 Å². The van der Waals surface area contributed by atoms with Crippen LogP contribution in [-0.2, 0) is 0 Å². The Labute approximate surface area is 108 Å². The number of nitrogens with zero attached hydrogens (tertiary/aromatic N) is 1. The van der Waals surface area contributed by atoms with Gasteiger partial charge in [0.15, 0.2) is 0 Å². The van der Waals surface area contributed by atoms with E-state index in [9.17, 15) is 9.18 Å². The van der Waals surface area contributed by atoms with Gasteiger partial charge in [-0.05, 0) is 18.2 Å². The molecule has 5 N–H and O–H groups in total. The zero-order valence-electron chi connectivity index (χ0n) is 9.76. The third-order valence-electron chi connectivity index (χ3n) is 2.30. The first-order chi connectivity index (χ1) is 9.10. The predicted molar refractivity (Wildman–Crippen MR) is 66.8 cm³/mol. The number of hydrazine groups is 1. The van der Waals surface area contributed by atoms with Crippen molar-refractivity contribution in [2.75, 3.05) is 5.73 Å². The van der Waals surface area contributed by atoms with Crippen LogP contribution in [0.3, 0.4) is 0 Å². The normalized spacial score (nSPS) is 10.0. The van der Waals surface area contributed by atoms with Gasteiger partial charge in [0.2, 0.25) is 0 Å². The lowest BCUT2D eigenvalue weighted by Gasteiger charge is -2.07. The molecule has 1 heterocycles. The number of carbonyl (C=O) groups excluding carboxylic acids is 1. The number of nitrogens with two attached hydrogens (primary N) is 2. The molecule has 0 bridgehead atoms. The van der Waals surface area contributed by atoms with Crippen LogP contribution >= 0.6 is 0 Å². The molecule has 2 rings (SSSR count). The number of hydrogen-bond acceptors (Lipinski definition) is 5. The van der Waals surface area contributed by atoms with Gasteiger partial charge in [0.1, 0.15) is 23.0 Å². The van der Waals surface area contributed by atoms with Crippen LogP contribution in [-0.4, -0.2) is 10.9 Å². The smallest absolute Gasteiger partial charge is 0.283 e. The molecule has 0 saturated carbocycles. The first-order valence-electron chi connectivity index (χ1n) is 5.30. The molecule has 0 spiro atoms. The lowest BCUT2D eigenvalue weighted by Crippen LogP contribution is -2.30. The number of anilines is 1. The van der Waals surface area contributed by atoms with Gasteiger partial charge in [-0.3, -0.25) is 15.2 Å². The summed E-state index contributed by atoms with van der Waals surface area (Å²) in [6, 6.07) is 6.97. The lowest BCUT2D eigenvalue weighted by molar-refractivity contribution is 0.0948. The second-order valence-electron chi connectivity index (χ2n) is 3.64. The van der Waals surface area contributed by atoms with Gasteiger partial charge in [-0.15, -0.1) is 0 Å². The highest BCUT2D eigenvalue weighted by Crippen LogP contribution is 2.24. The fraction of sp³-hybridized carbons (Fsp3) is 0. The number of ether oxygens (including phenoxy) is 1. The van der Waals surface area contributed by atoms with Gasteiger partial charge in [-0.25, -0.2) is 10.2 Å². The van der Waals surface area contributed by atoms with Crippen LogP contribution in [0.1, 0.15) is 10.5 Å². The maximum Gasteiger partial charge on any atom is 0.283 e. The van der Waals surface area contributed by atoms with Crippen LogP contribution in [0.15, 0.2) is 36.5 Å². The SMILES string of the molecule is NNC(=O)c1cc(Oc2ccc(N)c(F)c2)ccn1. The molecule has 0 saturated heterocycles. The van der Waals surface area contributed by atoms with Crippen LogP contribution in [0.25, 0.3) is 0 Å². The molecular weight excluding hydrogens is 251 g/mol. The molecule has 1 aromatic heterocycles. The monoisotopic (exact) mass is 262 g/mol. The Morgan fingerprint density at radius 1 is 1.26 bits per heavy atom. The molecule has 0 aliphatic rings. The molecule has 1 aromatic carbocycles. The Hall–Kier alpha value is -2.67. The Morgan fingerprint density at radius 2 is 2.00 bits per heavy atom. The molecule has 19 heavy (non-hydrogen) atoms. The summed E-state index contributed by atoms with van der Waals surface area (Å²) in [5, 5.41) is 0. The summed E-state index contributed by atoms with van der Waals surface area (Å²) in [4.78, 5) is 15.1. The molecular formula is C12H11FN4O2. The number of benzene rings is 1. The number of pyridine rings is 1. The summed E-state index contributed by atoms with van der Waals surface area (Å²) in [5.74, 6) is 4.47. The van der Waals surface area contributed by atoms with Crippen LogP contribution in [0.5, 0.6) is 11.5 Å². The second kappa shape index (κ2) is 5.32. The number of nitrogen functional groups attached to an aromatic ring is 2. The average Bonchev–Trinajstić information content (AvgIpc) is 2.42. The first-order valence-corrected chi connectivity index (χ1v) is 5.30. The van der Waals surface area contributed by atoms with E-state index in [1.807, 2.05) is 5.43 Å². The average molecular weight is 262 g/mol. The van der Waals surface area contributed by atoms with Gasteiger partial charge in [-0.1, -0.05) is 0 Å². The van der Waals surface area contributed by atoms with Crippen LogP contribution in [0.4, 0.5) is 10.1 Å². The number of hydrogen-bond donors (Lipinski definition) is 3. The molecule has 0 aliphatic heterocycles. The number of amides is 1. The van der Waals surface area contributed by atoms with Crippen molar-refractivity contribution in [3.05, 3.63) is 48.0 Å². The third-order valence-corrected chi connectivity index (χ3v) is 2.30. The highest BCUT2D eigenvalue weighted by molar-refractivity contribution is 5.92. The third kappa shape index (κ3) is 2.96. The maximum atomic E-state index is 13.2. The highest BCUT2D eigenvalue weighted by Gasteiger charge is 2.08. The predicted octanol–water partition coefficient (Wildman–Crippen LogP) is 1.20. The number of carbonyl (C=O) groups is 1. The minimum atomic E-state index is -0.577. The number of rotatable bonds is 3. The van der Waals surface area contributed by atoms with Crippen molar-refractivity contribution in [1.82, 2.24) is 10.4 Å². The van der Waals surface area contributed by atoms with Gasteiger partial charge in [-0.2, -0.15) is 0 Å². The quantitative estimate of drug-likeness (QED) is 0.334. The van der Waals surface area contributed by atoms with Crippen molar-refractivity contribution < 1.29 is 13.9 Å². The second-order valence-corrected chi connectivity index (χ2v) is 3.64. The van der Waals surface area contributed by atoms with Gasteiger partial charge in [0.25, 0.3) is 5.91 Å². The van der Waals surface area contributed by atoms with Crippen molar-refractivity contribution >= 4 is 11.6 Å². The van der Waals surface area contributed by atoms with Crippen molar-refractivity contribution in [3.8, 4) is 11.5 Å². The van der Waals surface area contributed by atoms with Gasteiger partial charge in [0, 0.05) is 18.3 Å². The molecule has 0 aliphatic carbocycles. The van der Waals surface area contributed by atoms with Gasteiger partial charge >= 0.3 is 0 Å². The van der Waals surface area contributed by atoms with E-state index in [2.05, 4.69) is 4.98 Å². The fourth-order valence-corrected chi connectivity index (χ4v) is 1.38.